The minimum atomic E-state index is -0.0487. The molecule has 0 unspecified atom stereocenters. The van der Waals surface area contributed by atoms with Gasteiger partial charge in [-0.25, -0.2) is 0 Å². The van der Waals surface area contributed by atoms with Gasteiger partial charge in [-0.15, -0.1) is 0 Å². The summed E-state index contributed by atoms with van der Waals surface area (Å²) in [5.41, 5.74) is 13.1. The average molecular weight is 203 g/mol. The number of hydrogen-bond donors (Lipinski definition) is 2. The highest BCUT2D eigenvalue weighted by Crippen LogP contribution is 2.19. The Hall–Kier alpha value is -1.37. The summed E-state index contributed by atoms with van der Waals surface area (Å²) >= 11 is 0. The fraction of sp³-hybridized carbons (Fsp3) is 0.417. The standard InChI is InChI=1S/C12H17N3/c13-8-4-3-7-12(15)11-6-2-1-5-10(11)9-14/h1-2,5-6,12H,3-4,7-8,13,15H2/t12-/m1/s1. The third-order valence-corrected chi connectivity index (χ3v) is 2.45. The van der Waals surface area contributed by atoms with E-state index in [1.165, 1.54) is 0 Å². The maximum atomic E-state index is 8.91. The molecule has 3 nitrogen and oxygen atoms in total. The number of benzene rings is 1. The van der Waals surface area contributed by atoms with Crippen LogP contribution in [0, 0.1) is 11.3 Å². The molecule has 0 heterocycles. The molecule has 1 aromatic rings. The Labute approximate surface area is 90.7 Å². The number of nitrogens with two attached hydrogens (primary N) is 2. The summed E-state index contributed by atoms with van der Waals surface area (Å²) in [6.07, 6.45) is 2.88. The van der Waals surface area contributed by atoms with Crippen LogP contribution in [0.25, 0.3) is 0 Å². The minimum Gasteiger partial charge on any atom is -0.330 e. The Morgan fingerprint density at radius 2 is 2.00 bits per heavy atom. The van der Waals surface area contributed by atoms with Gasteiger partial charge in [-0.05, 0) is 31.0 Å². The van der Waals surface area contributed by atoms with Gasteiger partial charge >= 0.3 is 0 Å². The van der Waals surface area contributed by atoms with E-state index >= 15 is 0 Å². The van der Waals surface area contributed by atoms with Gasteiger partial charge in [0.05, 0.1) is 11.6 Å². The third kappa shape index (κ3) is 3.35. The van der Waals surface area contributed by atoms with E-state index in [4.69, 9.17) is 16.7 Å². The van der Waals surface area contributed by atoms with Gasteiger partial charge in [0.15, 0.2) is 0 Å². The van der Waals surface area contributed by atoms with Crippen molar-refractivity contribution in [3.05, 3.63) is 35.4 Å². The molecule has 0 amide bonds. The third-order valence-electron chi connectivity index (χ3n) is 2.45. The molecule has 80 valence electrons. The average Bonchev–Trinajstić information content (AvgIpc) is 2.29. The van der Waals surface area contributed by atoms with Gasteiger partial charge < -0.3 is 11.5 Å². The predicted molar refractivity (Wildman–Crippen MR) is 61.0 cm³/mol. The van der Waals surface area contributed by atoms with Crippen LogP contribution in [0.3, 0.4) is 0 Å². The van der Waals surface area contributed by atoms with Crippen LogP contribution < -0.4 is 11.5 Å². The van der Waals surface area contributed by atoms with Gasteiger partial charge in [-0.2, -0.15) is 5.26 Å². The molecule has 3 heteroatoms. The van der Waals surface area contributed by atoms with Crippen LogP contribution in [-0.2, 0) is 0 Å². The monoisotopic (exact) mass is 203 g/mol. The van der Waals surface area contributed by atoms with Gasteiger partial charge in [-0.1, -0.05) is 24.6 Å². The molecule has 0 aliphatic heterocycles. The molecule has 1 atom stereocenters. The van der Waals surface area contributed by atoms with Gasteiger partial charge in [-0.3, -0.25) is 0 Å². The molecule has 0 saturated carbocycles. The summed E-state index contributed by atoms with van der Waals surface area (Å²) < 4.78 is 0. The highest BCUT2D eigenvalue weighted by Gasteiger charge is 2.09. The molecule has 0 radical (unpaired) electrons. The molecule has 0 aliphatic rings. The quantitative estimate of drug-likeness (QED) is 0.715. The van der Waals surface area contributed by atoms with Crippen molar-refractivity contribution >= 4 is 0 Å². The molecule has 15 heavy (non-hydrogen) atoms. The van der Waals surface area contributed by atoms with Gasteiger partial charge in [0.1, 0.15) is 0 Å². The summed E-state index contributed by atoms with van der Waals surface area (Å²) in [6, 6.07) is 9.61. The molecular weight excluding hydrogens is 186 g/mol. The second-order valence-corrected chi connectivity index (χ2v) is 3.59. The maximum absolute atomic E-state index is 8.91. The fourth-order valence-corrected chi connectivity index (χ4v) is 1.59. The zero-order chi connectivity index (χ0) is 11.1. The number of nitriles is 1. The first-order valence-corrected chi connectivity index (χ1v) is 5.24. The van der Waals surface area contributed by atoms with Crippen LogP contribution in [0.15, 0.2) is 24.3 Å². The Balaban J connectivity index is 2.65. The maximum Gasteiger partial charge on any atom is 0.0995 e. The molecule has 0 spiro atoms. The number of rotatable bonds is 5. The summed E-state index contributed by atoms with van der Waals surface area (Å²) in [4.78, 5) is 0. The van der Waals surface area contributed by atoms with E-state index in [1.54, 1.807) is 6.07 Å². The zero-order valence-electron chi connectivity index (χ0n) is 8.82. The lowest BCUT2D eigenvalue weighted by Crippen LogP contribution is -2.12. The van der Waals surface area contributed by atoms with Crippen LogP contribution in [-0.4, -0.2) is 6.54 Å². The number of nitrogens with zero attached hydrogens (tertiary/aromatic N) is 1. The Kier molecular flexibility index (Phi) is 4.82. The van der Waals surface area contributed by atoms with E-state index in [2.05, 4.69) is 6.07 Å². The summed E-state index contributed by atoms with van der Waals surface area (Å²) in [6.45, 7) is 0.701. The zero-order valence-corrected chi connectivity index (χ0v) is 8.82. The Morgan fingerprint density at radius 1 is 1.27 bits per heavy atom. The van der Waals surface area contributed by atoms with E-state index in [0.29, 0.717) is 12.1 Å². The Bertz CT molecular complexity index is 341. The van der Waals surface area contributed by atoms with Gasteiger partial charge in [0.25, 0.3) is 0 Å². The number of hydrogen-bond acceptors (Lipinski definition) is 3. The molecule has 0 bridgehead atoms. The Morgan fingerprint density at radius 3 is 2.67 bits per heavy atom. The van der Waals surface area contributed by atoms with Crippen molar-refractivity contribution in [1.82, 2.24) is 0 Å². The van der Waals surface area contributed by atoms with E-state index in [-0.39, 0.29) is 6.04 Å². The van der Waals surface area contributed by atoms with Crippen molar-refractivity contribution < 1.29 is 0 Å². The molecule has 0 aliphatic carbocycles. The summed E-state index contributed by atoms with van der Waals surface area (Å²) in [7, 11) is 0. The minimum absolute atomic E-state index is 0.0487. The molecule has 4 N–H and O–H groups in total. The smallest absolute Gasteiger partial charge is 0.0995 e. The molecule has 0 aromatic heterocycles. The lowest BCUT2D eigenvalue weighted by atomic mass is 9.97. The second kappa shape index (κ2) is 6.18. The van der Waals surface area contributed by atoms with Gasteiger partial charge in [0, 0.05) is 6.04 Å². The lowest BCUT2D eigenvalue weighted by molar-refractivity contribution is 0.590. The normalized spacial score (nSPS) is 12.1. The van der Waals surface area contributed by atoms with E-state index in [9.17, 15) is 0 Å². The second-order valence-electron chi connectivity index (χ2n) is 3.59. The topological polar surface area (TPSA) is 75.8 Å². The van der Waals surface area contributed by atoms with Crippen molar-refractivity contribution in [1.29, 1.82) is 5.26 Å². The first-order valence-electron chi connectivity index (χ1n) is 5.24. The molecule has 1 aromatic carbocycles. The van der Waals surface area contributed by atoms with Crippen LogP contribution in [0.2, 0.25) is 0 Å². The molecule has 1 rings (SSSR count). The van der Waals surface area contributed by atoms with Crippen molar-refractivity contribution in [3.8, 4) is 6.07 Å². The molecule has 0 fully saturated rings. The molecular formula is C12H17N3. The van der Waals surface area contributed by atoms with E-state index < -0.39 is 0 Å². The fourth-order valence-electron chi connectivity index (χ4n) is 1.59. The highest BCUT2D eigenvalue weighted by atomic mass is 14.6. The molecule has 0 saturated heterocycles. The van der Waals surface area contributed by atoms with E-state index in [0.717, 1.165) is 24.8 Å². The van der Waals surface area contributed by atoms with Gasteiger partial charge in [0.2, 0.25) is 0 Å². The van der Waals surface area contributed by atoms with Crippen LogP contribution in [0.4, 0.5) is 0 Å². The van der Waals surface area contributed by atoms with Crippen LogP contribution in [0.5, 0.6) is 0 Å². The van der Waals surface area contributed by atoms with E-state index in [1.807, 2.05) is 18.2 Å². The van der Waals surface area contributed by atoms with Crippen LogP contribution >= 0.6 is 0 Å². The summed E-state index contributed by atoms with van der Waals surface area (Å²) in [5.74, 6) is 0. The van der Waals surface area contributed by atoms with Crippen molar-refractivity contribution in [2.24, 2.45) is 11.5 Å². The van der Waals surface area contributed by atoms with Crippen molar-refractivity contribution in [2.45, 2.75) is 25.3 Å². The highest BCUT2D eigenvalue weighted by molar-refractivity contribution is 5.39. The largest absolute Gasteiger partial charge is 0.330 e. The van der Waals surface area contributed by atoms with Crippen molar-refractivity contribution in [3.63, 3.8) is 0 Å². The first kappa shape index (κ1) is 11.7. The van der Waals surface area contributed by atoms with Crippen LogP contribution in [0.1, 0.15) is 36.4 Å². The summed E-state index contributed by atoms with van der Waals surface area (Å²) in [5, 5.41) is 8.91. The van der Waals surface area contributed by atoms with Crippen molar-refractivity contribution in [2.75, 3.05) is 6.54 Å². The lowest BCUT2D eigenvalue weighted by Gasteiger charge is -2.12. The predicted octanol–water partition coefficient (Wildman–Crippen LogP) is 1.69. The number of unbranched alkanes of at least 4 members (excludes halogenated alkanes) is 1. The SMILES string of the molecule is N#Cc1ccccc1[C@H](N)CCCCN. The first-order chi connectivity index (χ1) is 7.29.